The number of imidazole rings is 1. The van der Waals surface area contributed by atoms with Crippen LogP contribution in [0, 0.1) is 5.92 Å². The number of Topliss-reactive ketones (excluding diaryl/α,β-unsaturated/α-hetero) is 1. The lowest BCUT2D eigenvalue weighted by atomic mass is 9.93. The number of nitrogens with zero attached hydrogens (tertiary/aromatic N) is 4. The highest BCUT2D eigenvalue weighted by molar-refractivity contribution is 5.95. The number of urea groups is 1. The molecule has 3 heterocycles. The molecular formula is C19H29N5O3. The summed E-state index contributed by atoms with van der Waals surface area (Å²) in [7, 11) is 1.81. The highest BCUT2D eigenvalue weighted by Crippen LogP contribution is 2.21. The fourth-order valence-corrected chi connectivity index (χ4v) is 3.92. The molecule has 1 aromatic heterocycles. The number of amides is 3. The smallest absolute Gasteiger partial charge is 0.317 e. The molecule has 27 heavy (non-hydrogen) atoms. The molecule has 1 aromatic rings. The van der Waals surface area contributed by atoms with E-state index in [0.717, 1.165) is 25.7 Å². The van der Waals surface area contributed by atoms with Crippen LogP contribution in [0.1, 0.15) is 49.6 Å². The number of ketones is 1. The van der Waals surface area contributed by atoms with E-state index in [2.05, 4.69) is 10.3 Å². The molecule has 2 saturated heterocycles. The Morgan fingerprint density at radius 3 is 2.52 bits per heavy atom. The normalized spacial score (nSPS) is 21.2. The zero-order valence-corrected chi connectivity index (χ0v) is 16.2. The molecular weight excluding hydrogens is 346 g/mol. The summed E-state index contributed by atoms with van der Waals surface area (Å²) in [6.07, 6.45) is 7.06. The van der Waals surface area contributed by atoms with Gasteiger partial charge in [0.1, 0.15) is 0 Å². The lowest BCUT2D eigenvalue weighted by Gasteiger charge is -2.36. The zero-order valence-electron chi connectivity index (χ0n) is 16.2. The van der Waals surface area contributed by atoms with Gasteiger partial charge in [-0.15, -0.1) is 0 Å². The van der Waals surface area contributed by atoms with E-state index < -0.39 is 0 Å². The van der Waals surface area contributed by atoms with Crippen LogP contribution in [-0.2, 0) is 11.8 Å². The SMILES string of the molecule is CCC(=O)N1CCC(NC(=O)N2CCC[C@H](C(=O)c3nccn3C)C2)CC1. The van der Waals surface area contributed by atoms with Gasteiger partial charge in [-0.3, -0.25) is 9.59 Å². The fourth-order valence-electron chi connectivity index (χ4n) is 3.92. The molecule has 2 aliphatic heterocycles. The number of carbonyl (C=O) groups is 3. The summed E-state index contributed by atoms with van der Waals surface area (Å²) in [5.41, 5.74) is 0. The second-order valence-electron chi connectivity index (χ2n) is 7.47. The van der Waals surface area contributed by atoms with Crippen LogP contribution in [0.3, 0.4) is 0 Å². The maximum atomic E-state index is 12.7. The number of aryl methyl sites for hydroxylation is 1. The number of hydrogen-bond donors (Lipinski definition) is 1. The van der Waals surface area contributed by atoms with Crippen LogP contribution in [0.2, 0.25) is 0 Å². The van der Waals surface area contributed by atoms with E-state index in [-0.39, 0.29) is 29.7 Å². The van der Waals surface area contributed by atoms with Crippen LogP contribution in [0.4, 0.5) is 4.79 Å². The minimum atomic E-state index is -0.199. The van der Waals surface area contributed by atoms with E-state index in [1.807, 2.05) is 18.9 Å². The predicted octanol–water partition coefficient (Wildman–Crippen LogP) is 1.43. The fraction of sp³-hybridized carbons (Fsp3) is 0.684. The van der Waals surface area contributed by atoms with Gasteiger partial charge >= 0.3 is 6.03 Å². The van der Waals surface area contributed by atoms with Crippen molar-refractivity contribution in [1.82, 2.24) is 24.7 Å². The Kier molecular flexibility index (Phi) is 6.13. The maximum Gasteiger partial charge on any atom is 0.317 e. The van der Waals surface area contributed by atoms with E-state index in [0.29, 0.717) is 38.4 Å². The van der Waals surface area contributed by atoms with Crippen molar-refractivity contribution in [1.29, 1.82) is 0 Å². The largest absolute Gasteiger partial charge is 0.343 e. The quantitative estimate of drug-likeness (QED) is 0.807. The van der Waals surface area contributed by atoms with Gasteiger partial charge in [0.2, 0.25) is 11.7 Å². The Morgan fingerprint density at radius 1 is 1.15 bits per heavy atom. The van der Waals surface area contributed by atoms with Crippen LogP contribution in [0.25, 0.3) is 0 Å². The number of carbonyl (C=O) groups excluding carboxylic acids is 3. The average molecular weight is 375 g/mol. The zero-order chi connectivity index (χ0) is 19.4. The Bertz CT molecular complexity index is 693. The van der Waals surface area contributed by atoms with Crippen molar-refractivity contribution in [3.63, 3.8) is 0 Å². The summed E-state index contributed by atoms with van der Waals surface area (Å²) in [6, 6.07) is -0.0170. The minimum absolute atomic E-state index is 0.00591. The Balaban J connectivity index is 1.51. The highest BCUT2D eigenvalue weighted by atomic mass is 16.2. The van der Waals surface area contributed by atoms with E-state index in [9.17, 15) is 14.4 Å². The summed E-state index contributed by atoms with van der Waals surface area (Å²) >= 11 is 0. The molecule has 1 N–H and O–H groups in total. The first-order valence-electron chi connectivity index (χ1n) is 9.84. The molecule has 3 amide bonds. The lowest BCUT2D eigenvalue weighted by Crippen LogP contribution is -2.52. The van der Waals surface area contributed by atoms with Crippen molar-refractivity contribution in [2.45, 2.75) is 45.1 Å². The van der Waals surface area contributed by atoms with Gasteiger partial charge in [0, 0.05) is 64.0 Å². The summed E-state index contributed by atoms with van der Waals surface area (Å²) in [5.74, 6) is 0.433. The topological polar surface area (TPSA) is 87.5 Å². The number of nitrogens with one attached hydrogen (secondary N) is 1. The van der Waals surface area contributed by atoms with Gasteiger partial charge in [-0.05, 0) is 25.7 Å². The molecule has 0 aliphatic carbocycles. The van der Waals surface area contributed by atoms with Crippen LogP contribution in [-0.4, -0.2) is 69.3 Å². The van der Waals surface area contributed by atoms with Crippen molar-refractivity contribution in [3.8, 4) is 0 Å². The molecule has 0 aromatic carbocycles. The van der Waals surface area contributed by atoms with Gasteiger partial charge in [-0.1, -0.05) is 6.92 Å². The highest BCUT2D eigenvalue weighted by Gasteiger charge is 2.32. The predicted molar refractivity (Wildman–Crippen MR) is 100 cm³/mol. The number of hydrogen-bond acceptors (Lipinski definition) is 4. The molecule has 8 nitrogen and oxygen atoms in total. The van der Waals surface area contributed by atoms with Gasteiger partial charge < -0.3 is 19.7 Å². The van der Waals surface area contributed by atoms with Gasteiger partial charge in [0.05, 0.1) is 0 Å². The Morgan fingerprint density at radius 2 is 1.89 bits per heavy atom. The van der Waals surface area contributed by atoms with Crippen LogP contribution in [0.5, 0.6) is 0 Å². The molecule has 2 fully saturated rings. The summed E-state index contributed by atoms with van der Waals surface area (Å²) in [4.78, 5) is 44.9. The molecule has 0 spiro atoms. The molecule has 148 valence electrons. The van der Waals surface area contributed by atoms with E-state index >= 15 is 0 Å². The number of rotatable bonds is 4. The monoisotopic (exact) mass is 375 g/mol. The van der Waals surface area contributed by atoms with Gasteiger partial charge in [0.25, 0.3) is 0 Å². The second-order valence-corrected chi connectivity index (χ2v) is 7.47. The summed E-state index contributed by atoms with van der Waals surface area (Å²) in [5, 5.41) is 3.09. The van der Waals surface area contributed by atoms with E-state index in [1.165, 1.54) is 0 Å². The average Bonchev–Trinajstić information content (AvgIpc) is 3.13. The second kappa shape index (κ2) is 8.54. The molecule has 0 unspecified atom stereocenters. The standard InChI is InChI=1S/C19H29N5O3/c1-3-16(25)23-10-6-15(7-11-23)21-19(27)24-9-4-5-14(13-24)17(26)18-20-8-12-22(18)2/h8,12,14-15H,3-7,9-11,13H2,1-2H3,(H,21,27)/t14-/m0/s1. The van der Waals surface area contributed by atoms with Crippen molar-refractivity contribution < 1.29 is 14.4 Å². The van der Waals surface area contributed by atoms with Crippen molar-refractivity contribution in [3.05, 3.63) is 18.2 Å². The van der Waals surface area contributed by atoms with Crippen molar-refractivity contribution >= 4 is 17.7 Å². The minimum Gasteiger partial charge on any atom is -0.343 e. The first-order valence-corrected chi connectivity index (χ1v) is 9.84. The molecule has 2 aliphatic rings. The van der Waals surface area contributed by atoms with E-state index in [4.69, 9.17) is 0 Å². The first kappa shape index (κ1) is 19.4. The van der Waals surface area contributed by atoms with Crippen LogP contribution >= 0.6 is 0 Å². The first-order chi connectivity index (χ1) is 13.0. The van der Waals surface area contributed by atoms with Crippen LogP contribution in [0.15, 0.2) is 12.4 Å². The lowest BCUT2D eigenvalue weighted by molar-refractivity contribution is -0.131. The maximum absolute atomic E-state index is 12.7. The summed E-state index contributed by atoms with van der Waals surface area (Å²) in [6.45, 7) is 4.36. The third-order valence-corrected chi connectivity index (χ3v) is 5.60. The molecule has 1 atom stereocenters. The Labute approximate surface area is 159 Å². The molecule has 8 heteroatoms. The van der Waals surface area contributed by atoms with Gasteiger partial charge in [-0.2, -0.15) is 0 Å². The van der Waals surface area contributed by atoms with Crippen molar-refractivity contribution in [2.24, 2.45) is 13.0 Å². The number of aromatic nitrogens is 2. The molecule has 0 saturated carbocycles. The number of likely N-dealkylation sites (tertiary alicyclic amines) is 2. The van der Waals surface area contributed by atoms with Crippen LogP contribution < -0.4 is 5.32 Å². The van der Waals surface area contributed by atoms with E-state index in [1.54, 1.807) is 21.9 Å². The molecule has 3 rings (SSSR count). The third-order valence-electron chi connectivity index (χ3n) is 5.60. The van der Waals surface area contributed by atoms with Gasteiger partial charge in [-0.25, -0.2) is 9.78 Å². The molecule has 0 radical (unpaired) electrons. The van der Waals surface area contributed by atoms with Crippen molar-refractivity contribution in [2.75, 3.05) is 26.2 Å². The molecule has 0 bridgehead atoms. The van der Waals surface area contributed by atoms with Gasteiger partial charge in [0.15, 0.2) is 5.82 Å². The Hall–Kier alpha value is -2.38. The number of piperidine rings is 2. The summed E-state index contributed by atoms with van der Waals surface area (Å²) < 4.78 is 1.73. The third kappa shape index (κ3) is 4.48.